The molecule has 0 bridgehead atoms. The van der Waals surface area contributed by atoms with Crippen molar-refractivity contribution in [3.05, 3.63) is 49.8 Å². The van der Waals surface area contributed by atoms with E-state index in [0.29, 0.717) is 41.7 Å². The van der Waals surface area contributed by atoms with Crippen LogP contribution in [-0.2, 0) is 17.7 Å². The van der Waals surface area contributed by atoms with Crippen LogP contribution in [0.25, 0.3) is 0 Å². The molecule has 4 rings (SSSR count). The average molecular weight is 426 g/mol. The molecule has 3 heterocycles. The molecule has 0 radical (unpaired) electrons. The maximum atomic E-state index is 12.8. The van der Waals surface area contributed by atoms with Gasteiger partial charge in [-0.05, 0) is 36.6 Å². The number of rotatable bonds is 2. The first-order valence-electron chi connectivity index (χ1n) is 8.56. The van der Waals surface area contributed by atoms with Gasteiger partial charge in [0.05, 0.1) is 28.8 Å². The van der Waals surface area contributed by atoms with Crippen LogP contribution < -0.4 is 10.6 Å². The van der Waals surface area contributed by atoms with Gasteiger partial charge < -0.3 is 20.3 Å². The fraction of sp³-hybridized carbons (Fsp3) is 0.333. The van der Waals surface area contributed by atoms with E-state index < -0.39 is 0 Å². The first kappa shape index (κ1) is 18.4. The van der Waals surface area contributed by atoms with E-state index in [2.05, 4.69) is 10.6 Å². The van der Waals surface area contributed by atoms with Gasteiger partial charge in [-0.25, -0.2) is 4.79 Å². The van der Waals surface area contributed by atoms with Gasteiger partial charge in [0.1, 0.15) is 11.2 Å². The van der Waals surface area contributed by atoms with Crippen LogP contribution in [0.3, 0.4) is 0 Å². The fourth-order valence-electron chi connectivity index (χ4n) is 3.35. The Morgan fingerprint density at radius 3 is 2.89 bits per heavy atom. The number of carbonyl (C=O) groups is 2. The van der Waals surface area contributed by atoms with Gasteiger partial charge in [-0.2, -0.15) is 0 Å². The van der Waals surface area contributed by atoms with Crippen molar-refractivity contribution in [2.24, 2.45) is 0 Å². The average Bonchev–Trinajstić information content (AvgIpc) is 3.02. The summed E-state index contributed by atoms with van der Waals surface area (Å²) in [5.41, 5.74) is 2.51. The molecule has 0 spiro atoms. The minimum atomic E-state index is -0.388. The molecule has 6 nitrogen and oxygen atoms in total. The molecule has 1 aromatic heterocycles. The summed E-state index contributed by atoms with van der Waals surface area (Å²) in [6.45, 7) is 3.13. The van der Waals surface area contributed by atoms with Crippen molar-refractivity contribution in [1.29, 1.82) is 0 Å². The Morgan fingerprint density at radius 2 is 2.15 bits per heavy atom. The maximum Gasteiger partial charge on any atom is 0.410 e. The van der Waals surface area contributed by atoms with Crippen LogP contribution >= 0.6 is 34.5 Å². The first-order chi connectivity index (χ1) is 13.0. The van der Waals surface area contributed by atoms with Gasteiger partial charge >= 0.3 is 6.09 Å². The quantitative estimate of drug-likeness (QED) is 0.746. The number of thiophene rings is 1. The summed E-state index contributed by atoms with van der Waals surface area (Å²) >= 11 is 13.6. The molecule has 0 saturated carbocycles. The van der Waals surface area contributed by atoms with E-state index in [1.54, 1.807) is 24.0 Å². The third kappa shape index (κ3) is 3.35. The fourth-order valence-corrected chi connectivity index (χ4v) is 4.94. The lowest BCUT2D eigenvalue weighted by atomic mass is 10.0. The van der Waals surface area contributed by atoms with Crippen molar-refractivity contribution in [2.75, 3.05) is 18.5 Å². The van der Waals surface area contributed by atoms with E-state index in [-0.39, 0.29) is 18.2 Å². The highest BCUT2D eigenvalue weighted by Crippen LogP contribution is 2.41. The largest absolute Gasteiger partial charge is 0.450 e. The number of nitrogens with zero attached hydrogens (tertiary/aromatic N) is 1. The number of nitrogens with one attached hydrogen (secondary N) is 2. The molecule has 9 heteroatoms. The minimum Gasteiger partial charge on any atom is -0.450 e. The second kappa shape index (κ2) is 7.22. The SMILES string of the molecule is CCOC(=O)N1CCc2c(sc3c2C(=O)N[C@H](c2ccc(Cl)c(Cl)c2)N3)C1. The Morgan fingerprint density at radius 1 is 1.33 bits per heavy atom. The highest BCUT2D eigenvalue weighted by Gasteiger charge is 2.34. The summed E-state index contributed by atoms with van der Waals surface area (Å²) in [4.78, 5) is 27.4. The molecule has 0 fully saturated rings. The second-order valence-corrected chi connectivity index (χ2v) is 8.22. The Labute approximate surface area is 170 Å². The van der Waals surface area contributed by atoms with Gasteiger partial charge in [0, 0.05) is 11.4 Å². The van der Waals surface area contributed by atoms with E-state index >= 15 is 0 Å². The molecule has 2 aromatic rings. The van der Waals surface area contributed by atoms with Gasteiger partial charge in [-0.1, -0.05) is 29.3 Å². The lowest BCUT2D eigenvalue weighted by molar-refractivity contribution is 0.0934. The van der Waals surface area contributed by atoms with Gasteiger partial charge in [0.15, 0.2) is 0 Å². The van der Waals surface area contributed by atoms with Crippen molar-refractivity contribution in [3.8, 4) is 0 Å². The molecule has 2 amide bonds. The molecule has 2 aliphatic heterocycles. The predicted molar refractivity (Wildman–Crippen MR) is 106 cm³/mol. The van der Waals surface area contributed by atoms with Gasteiger partial charge in [-0.3, -0.25) is 4.79 Å². The zero-order valence-electron chi connectivity index (χ0n) is 14.5. The van der Waals surface area contributed by atoms with E-state index in [9.17, 15) is 9.59 Å². The standard InChI is InChI=1S/C18H17Cl2N3O3S/c1-2-26-18(25)23-6-5-10-13(8-23)27-17-14(10)16(24)21-15(22-17)9-3-4-11(19)12(20)7-9/h3-4,7,15,22H,2,5-6,8H2,1H3,(H,21,24)/t15-/m0/s1. The number of anilines is 1. The molecule has 2 aliphatic rings. The van der Waals surface area contributed by atoms with Crippen LogP contribution in [0.2, 0.25) is 10.0 Å². The molecule has 1 aromatic carbocycles. The molecule has 0 aliphatic carbocycles. The Balaban J connectivity index is 1.60. The number of hydrogen-bond donors (Lipinski definition) is 2. The van der Waals surface area contributed by atoms with Crippen molar-refractivity contribution in [1.82, 2.24) is 10.2 Å². The van der Waals surface area contributed by atoms with Crippen LogP contribution in [0.15, 0.2) is 18.2 Å². The van der Waals surface area contributed by atoms with E-state index in [0.717, 1.165) is 21.0 Å². The summed E-state index contributed by atoms with van der Waals surface area (Å²) in [5.74, 6) is -0.123. The number of halogens is 2. The molecule has 1 atom stereocenters. The Hall–Kier alpha value is -1.96. The van der Waals surface area contributed by atoms with Crippen molar-refractivity contribution in [2.45, 2.75) is 26.1 Å². The van der Waals surface area contributed by atoms with Crippen molar-refractivity contribution in [3.63, 3.8) is 0 Å². The van der Waals surface area contributed by atoms with Gasteiger partial charge in [-0.15, -0.1) is 11.3 Å². The van der Waals surface area contributed by atoms with Crippen molar-refractivity contribution < 1.29 is 14.3 Å². The zero-order valence-corrected chi connectivity index (χ0v) is 16.8. The molecular formula is C18H17Cl2N3O3S. The highest BCUT2D eigenvalue weighted by atomic mass is 35.5. The van der Waals surface area contributed by atoms with Crippen LogP contribution in [0.5, 0.6) is 0 Å². The molecule has 0 unspecified atom stereocenters. The highest BCUT2D eigenvalue weighted by molar-refractivity contribution is 7.16. The lowest BCUT2D eigenvalue weighted by Crippen LogP contribution is -2.39. The van der Waals surface area contributed by atoms with Crippen molar-refractivity contribution >= 4 is 51.5 Å². The number of amides is 2. The van der Waals surface area contributed by atoms with E-state index in [4.69, 9.17) is 27.9 Å². The molecule has 0 saturated heterocycles. The number of benzene rings is 1. The second-order valence-electron chi connectivity index (χ2n) is 6.30. The monoisotopic (exact) mass is 425 g/mol. The lowest BCUT2D eigenvalue weighted by Gasteiger charge is -2.28. The number of carbonyl (C=O) groups excluding carboxylic acids is 2. The van der Waals surface area contributed by atoms with E-state index in [1.807, 2.05) is 6.07 Å². The molecule has 27 heavy (non-hydrogen) atoms. The van der Waals surface area contributed by atoms with Gasteiger partial charge in [0.25, 0.3) is 5.91 Å². The molecule has 142 valence electrons. The van der Waals surface area contributed by atoms with Crippen LogP contribution in [0, 0.1) is 0 Å². The molecule has 2 N–H and O–H groups in total. The number of ether oxygens (including phenoxy) is 1. The maximum absolute atomic E-state index is 12.8. The van der Waals surface area contributed by atoms with Gasteiger partial charge in [0.2, 0.25) is 0 Å². The summed E-state index contributed by atoms with van der Waals surface area (Å²) in [6, 6.07) is 5.27. The summed E-state index contributed by atoms with van der Waals surface area (Å²) in [6.07, 6.45) is -0.0753. The first-order valence-corrected chi connectivity index (χ1v) is 10.1. The summed E-state index contributed by atoms with van der Waals surface area (Å²) in [7, 11) is 0. The topological polar surface area (TPSA) is 70.7 Å². The smallest absolute Gasteiger partial charge is 0.410 e. The third-order valence-electron chi connectivity index (χ3n) is 4.64. The Kier molecular flexibility index (Phi) is 4.92. The summed E-state index contributed by atoms with van der Waals surface area (Å²) in [5, 5.41) is 8.06. The minimum absolute atomic E-state index is 0.123. The third-order valence-corrected chi connectivity index (χ3v) is 6.52. The summed E-state index contributed by atoms with van der Waals surface area (Å²) < 4.78 is 5.09. The predicted octanol–water partition coefficient (Wildman–Crippen LogP) is 4.42. The normalized spacial score (nSPS) is 18.3. The van der Waals surface area contributed by atoms with Crippen LogP contribution in [-0.4, -0.2) is 30.1 Å². The number of fused-ring (bicyclic) bond motifs is 3. The van der Waals surface area contributed by atoms with Crippen LogP contribution in [0.4, 0.5) is 9.80 Å². The zero-order chi connectivity index (χ0) is 19.1. The molecular weight excluding hydrogens is 409 g/mol. The number of hydrogen-bond acceptors (Lipinski definition) is 5. The Bertz CT molecular complexity index is 931. The van der Waals surface area contributed by atoms with E-state index in [1.165, 1.54) is 11.3 Å². The van der Waals surface area contributed by atoms with Crippen LogP contribution in [0.1, 0.15) is 39.5 Å².